The maximum atomic E-state index is 9.71. The van der Waals surface area contributed by atoms with Gasteiger partial charge in [0.2, 0.25) is 0 Å². The smallest absolute Gasteiger partial charge is 0.138 e. The maximum Gasteiger partial charge on any atom is 0.138 e. The van der Waals surface area contributed by atoms with Crippen molar-refractivity contribution in [3.63, 3.8) is 0 Å². The van der Waals surface area contributed by atoms with Gasteiger partial charge in [-0.05, 0) is 12.5 Å². The molecule has 0 aliphatic carbocycles. The quantitative estimate of drug-likeness (QED) is 0.788. The van der Waals surface area contributed by atoms with Crippen LogP contribution in [0.1, 0.15) is 44.2 Å². The molecule has 0 amide bonds. The minimum absolute atomic E-state index is 0. The lowest BCUT2D eigenvalue weighted by molar-refractivity contribution is 0.456. The van der Waals surface area contributed by atoms with E-state index in [1.54, 1.807) is 6.07 Å². The van der Waals surface area contributed by atoms with Gasteiger partial charge in [0.15, 0.2) is 0 Å². The molecular weight excluding hydrogens is 245 g/mol. The summed E-state index contributed by atoms with van der Waals surface area (Å²) in [5, 5.41) is 10.1. The van der Waals surface area contributed by atoms with E-state index in [2.05, 4.69) is 6.92 Å². The number of para-hydroxylation sites is 1. The number of hydrogen-bond donors (Lipinski definition) is 2. The Balaban J connectivity index is 0.00000225. The molecule has 0 unspecified atom stereocenters. The Kier molecular flexibility index (Phi) is 7.56. The SMILES string of the molecule is CCCCC[C@H](N)c1cccc(Cl)c1O.Cl. The van der Waals surface area contributed by atoms with E-state index < -0.39 is 0 Å². The van der Waals surface area contributed by atoms with Gasteiger partial charge >= 0.3 is 0 Å². The highest BCUT2D eigenvalue weighted by Gasteiger charge is 2.12. The lowest BCUT2D eigenvalue weighted by Crippen LogP contribution is -2.10. The number of nitrogens with two attached hydrogens (primary N) is 1. The Bertz CT molecular complexity index is 318. The van der Waals surface area contributed by atoms with E-state index in [4.69, 9.17) is 17.3 Å². The molecule has 16 heavy (non-hydrogen) atoms. The number of aromatic hydroxyl groups is 1. The van der Waals surface area contributed by atoms with Crippen molar-refractivity contribution in [1.29, 1.82) is 0 Å². The lowest BCUT2D eigenvalue weighted by Gasteiger charge is -2.13. The van der Waals surface area contributed by atoms with Gasteiger partial charge in [-0.2, -0.15) is 0 Å². The van der Waals surface area contributed by atoms with Gasteiger partial charge in [0.1, 0.15) is 5.75 Å². The van der Waals surface area contributed by atoms with Crippen LogP contribution >= 0.6 is 24.0 Å². The van der Waals surface area contributed by atoms with Gasteiger partial charge in [-0.3, -0.25) is 0 Å². The largest absolute Gasteiger partial charge is 0.506 e. The molecule has 1 rings (SSSR count). The van der Waals surface area contributed by atoms with Gasteiger partial charge in [0.05, 0.1) is 5.02 Å². The van der Waals surface area contributed by atoms with Gasteiger partial charge in [0, 0.05) is 11.6 Å². The number of rotatable bonds is 5. The van der Waals surface area contributed by atoms with Crippen LogP contribution in [-0.4, -0.2) is 5.11 Å². The predicted octanol–water partition coefficient (Wildman–Crippen LogP) is 4.05. The summed E-state index contributed by atoms with van der Waals surface area (Å²) in [6.45, 7) is 2.16. The Morgan fingerprint density at radius 2 is 2.06 bits per heavy atom. The van der Waals surface area contributed by atoms with Crippen LogP contribution in [-0.2, 0) is 0 Å². The molecule has 1 aromatic rings. The molecule has 0 aromatic heterocycles. The molecule has 0 saturated carbocycles. The van der Waals surface area contributed by atoms with Crippen molar-refractivity contribution >= 4 is 24.0 Å². The molecule has 1 atom stereocenters. The molecule has 3 N–H and O–H groups in total. The molecule has 0 heterocycles. The fourth-order valence-corrected chi connectivity index (χ4v) is 1.78. The van der Waals surface area contributed by atoms with Crippen LogP contribution in [0.25, 0.3) is 0 Å². The van der Waals surface area contributed by atoms with Crippen molar-refractivity contribution in [2.45, 2.75) is 38.6 Å². The van der Waals surface area contributed by atoms with E-state index in [1.807, 2.05) is 12.1 Å². The van der Waals surface area contributed by atoms with Crippen LogP contribution in [0, 0.1) is 0 Å². The average Bonchev–Trinajstić information content (AvgIpc) is 2.22. The molecule has 0 spiro atoms. The van der Waals surface area contributed by atoms with E-state index in [9.17, 15) is 5.11 Å². The Hall–Kier alpha value is -0.440. The lowest BCUT2D eigenvalue weighted by atomic mass is 10.0. The summed E-state index contributed by atoms with van der Waals surface area (Å²) in [5.74, 6) is 0.128. The van der Waals surface area contributed by atoms with Gasteiger partial charge < -0.3 is 10.8 Å². The van der Waals surface area contributed by atoms with Gasteiger partial charge in [-0.1, -0.05) is 49.9 Å². The highest BCUT2D eigenvalue weighted by molar-refractivity contribution is 6.32. The Morgan fingerprint density at radius 3 is 2.69 bits per heavy atom. The third-order valence-electron chi connectivity index (χ3n) is 2.54. The first kappa shape index (κ1) is 15.6. The Labute approximate surface area is 108 Å². The highest BCUT2D eigenvalue weighted by Crippen LogP contribution is 2.32. The second kappa shape index (κ2) is 7.77. The van der Waals surface area contributed by atoms with Gasteiger partial charge in [-0.25, -0.2) is 0 Å². The van der Waals surface area contributed by atoms with Crippen LogP contribution in [0.5, 0.6) is 5.75 Å². The van der Waals surface area contributed by atoms with Crippen molar-refractivity contribution in [2.75, 3.05) is 0 Å². The first-order chi connectivity index (χ1) is 7.16. The number of phenolic OH excluding ortho intramolecular Hbond substituents is 1. The first-order valence-corrected chi connectivity index (χ1v) is 5.77. The van der Waals surface area contributed by atoms with Crippen molar-refractivity contribution < 1.29 is 5.11 Å². The second-order valence-corrected chi connectivity index (χ2v) is 4.19. The Morgan fingerprint density at radius 1 is 1.38 bits per heavy atom. The summed E-state index contributed by atoms with van der Waals surface area (Å²) in [6, 6.07) is 5.20. The molecule has 0 radical (unpaired) electrons. The van der Waals surface area contributed by atoms with Crippen LogP contribution in [0.4, 0.5) is 0 Å². The summed E-state index contributed by atoms with van der Waals surface area (Å²) in [5.41, 5.74) is 6.74. The molecule has 0 fully saturated rings. The van der Waals surface area contributed by atoms with Crippen LogP contribution in [0.15, 0.2) is 18.2 Å². The average molecular weight is 264 g/mol. The fraction of sp³-hybridized carbons (Fsp3) is 0.500. The highest BCUT2D eigenvalue weighted by atomic mass is 35.5. The van der Waals surface area contributed by atoms with E-state index >= 15 is 0 Å². The zero-order chi connectivity index (χ0) is 11.3. The number of halogens is 2. The number of benzene rings is 1. The fourth-order valence-electron chi connectivity index (χ4n) is 1.60. The molecule has 0 aliphatic heterocycles. The topological polar surface area (TPSA) is 46.2 Å². The zero-order valence-corrected chi connectivity index (χ0v) is 11.0. The van der Waals surface area contributed by atoms with Gasteiger partial charge in [-0.15, -0.1) is 12.4 Å². The summed E-state index contributed by atoms with van der Waals surface area (Å²) < 4.78 is 0. The minimum atomic E-state index is -0.116. The summed E-state index contributed by atoms with van der Waals surface area (Å²) in [4.78, 5) is 0. The second-order valence-electron chi connectivity index (χ2n) is 3.78. The van der Waals surface area contributed by atoms with E-state index in [0.717, 1.165) is 18.4 Å². The van der Waals surface area contributed by atoms with Crippen molar-refractivity contribution in [1.82, 2.24) is 0 Å². The molecule has 4 heteroatoms. The molecule has 2 nitrogen and oxygen atoms in total. The minimum Gasteiger partial charge on any atom is -0.506 e. The van der Waals surface area contributed by atoms with Crippen LogP contribution in [0.3, 0.4) is 0 Å². The van der Waals surface area contributed by atoms with E-state index in [1.165, 1.54) is 12.8 Å². The molecule has 0 saturated heterocycles. The van der Waals surface area contributed by atoms with Crippen LogP contribution < -0.4 is 5.73 Å². The number of hydrogen-bond acceptors (Lipinski definition) is 2. The summed E-state index contributed by atoms with van der Waals surface area (Å²) in [7, 11) is 0. The third kappa shape index (κ3) is 4.20. The molecule has 92 valence electrons. The van der Waals surface area contributed by atoms with Gasteiger partial charge in [0.25, 0.3) is 0 Å². The molecular formula is C12H19Cl2NO. The molecule has 1 aromatic carbocycles. The summed E-state index contributed by atoms with van der Waals surface area (Å²) >= 11 is 5.81. The van der Waals surface area contributed by atoms with Crippen molar-refractivity contribution in [3.8, 4) is 5.75 Å². The number of unbranched alkanes of at least 4 members (excludes halogenated alkanes) is 2. The zero-order valence-electron chi connectivity index (χ0n) is 9.45. The predicted molar refractivity (Wildman–Crippen MR) is 71.4 cm³/mol. The first-order valence-electron chi connectivity index (χ1n) is 5.39. The van der Waals surface area contributed by atoms with Crippen molar-refractivity contribution in [2.24, 2.45) is 5.73 Å². The molecule has 0 aliphatic rings. The maximum absolute atomic E-state index is 9.71. The molecule has 0 bridgehead atoms. The summed E-state index contributed by atoms with van der Waals surface area (Å²) in [6.07, 6.45) is 4.33. The van der Waals surface area contributed by atoms with E-state index in [-0.39, 0.29) is 24.2 Å². The third-order valence-corrected chi connectivity index (χ3v) is 2.84. The van der Waals surface area contributed by atoms with Crippen molar-refractivity contribution in [3.05, 3.63) is 28.8 Å². The van der Waals surface area contributed by atoms with E-state index in [0.29, 0.717) is 5.02 Å². The standard InChI is InChI=1S/C12H18ClNO.ClH/c1-2-3-4-8-11(14)9-6-5-7-10(13)12(9)15;/h5-7,11,15H,2-4,8,14H2,1H3;1H/t11-;/m0./s1. The monoisotopic (exact) mass is 263 g/mol. The normalized spacial score (nSPS) is 11.9. The van der Waals surface area contributed by atoms with Crippen LogP contribution in [0.2, 0.25) is 5.02 Å². The number of phenols is 1.